The molecule has 2 fully saturated rings. The summed E-state index contributed by atoms with van der Waals surface area (Å²) in [7, 11) is -3.30. The summed E-state index contributed by atoms with van der Waals surface area (Å²) in [6.45, 7) is 3.61. The summed E-state index contributed by atoms with van der Waals surface area (Å²) in [4.78, 5) is 76.1. The van der Waals surface area contributed by atoms with Crippen molar-refractivity contribution in [3.63, 3.8) is 0 Å². The van der Waals surface area contributed by atoms with E-state index in [-0.39, 0.29) is 53.8 Å². The van der Waals surface area contributed by atoms with E-state index in [4.69, 9.17) is 5.41 Å². The smallest absolute Gasteiger partial charge is 0.264 e. The normalized spacial score (nSPS) is 17.5. The molecule has 300 valence electrons. The van der Waals surface area contributed by atoms with Crippen molar-refractivity contribution >= 4 is 62.4 Å². The standard InChI is InChI=1S/C40H42N10O7S/c1-58(56,57)28-14-8-25(9-15-28)30-5-3-7-33(45-30)46-40(41)44-26-10-12-27(13-11-26)49-22-20-48(21-23-49)24-35(52)43-19-18-42-31-6-2-4-29-36(31)39(55)50(38(29)54)32-16-17-34(51)47-37(32)53/h2-15,32,42H,16-24H2,1H3,(H,43,52)(H,47,51,53)(H3,41,44,45,46). The number of nitrogens with zero attached hydrogens (tertiary/aromatic N) is 4. The first-order valence-corrected chi connectivity index (χ1v) is 20.6. The molecule has 17 nitrogen and oxygen atoms in total. The van der Waals surface area contributed by atoms with Gasteiger partial charge >= 0.3 is 0 Å². The van der Waals surface area contributed by atoms with Crippen LogP contribution in [0.15, 0.2) is 94.8 Å². The van der Waals surface area contributed by atoms with Gasteiger partial charge in [0, 0.05) is 74.7 Å². The summed E-state index contributed by atoms with van der Waals surface area (Å²) in [6.07, 6.45) is 1.28. The predicted molar refractivity (Wildman–Crippen MR) is 216 cm³/mol. The highest BCUT2D eigenvalue weighted by molar-refractivity contribution is 7.90. The van der Waals surface area contributed by atoms with Gasteiger partial charge in [0.2, 0.25) is 23.7 Å². The first-order chi connectivity index (χ1) is 27.8. The molecule has 58 heavy (non-hydrogen) atoms. The van der Waals surface area contributed by atoms with Gasteiger partial charge in [-0.1, -0.05) is 24.3 Å². The average Bonchev–Trinajstić information content (AvgIpc) is 3.46. The number of sulfone groups is 1. The lowest BCUT2D eigenvalue weighted by Crippen LogP contribution is -2.54. The van der Waals surface area contributed by atoms with E-state index in [0.29, 0.717) is 36.5 Å². The number of aromatic amines is 1. The Labute approximate surface area is 334 Å². The lowest BCUT2D eigenvalue weighted by atomic mass is 10.0. The van der Waals surface area contributed by atoms with Crippen LogP contribution in [0.4, 0.5) is 17.1 Å². The molecule has 1 atom stereocenters. The van der Waals surface area contributed by atoms with E-state index in [0.717, 1.165) is 41.2 Å². The number of guanidine groups is 1. The highest BCUT2D eigenvalue weighted by Gasteiger charge is 2.45. The topological polar surface area (TPSA) is 229 Å². The molecule has 1 aromatic heterocycles. The number of H-pyrrole nitrogens is 1. The lowest BCUT2D eigenvalue weighted by molar-refractivity contribution is -0.136. The van der Waals surface area contributed by atoms with E-state index in [2.05, 4.69) is 41.0 Å². The van der Waals surface area contributed by atoms with E-state index >= 15 is 0 Å². The Bertz CT molecular complexity index is 2460. The molecule has 3 aromatic carbocycles. The van der Waals surface area contributed by atoms with Crippen molar-refractivity contribution in [2.75, 3.05) is 67.6 Å². The van der Waals surface area contributed by atoms with Crippen molar-refractivity contribution < 1.29 is 32.4 Å². The maximum atomic E-state index is 13.3. The zero-order valence-corrected chi connectivity index (χ0v) is 32.4. The van der Waals surface area contributed by atoms with Crippen LogP contribution in [0.3, 0.4) is 0 Å². The third-order valence-electron chi connectivity index (χ3n) is 10.1. The molecule has 18 heteroatoms. The number of hydrogen-bond acceptors (Lipinski definition) is 11. The van der Waals surface area contributed by atoms with Crippen molar-refractivity contribution in [1.82, 2.24) is 25.4 Å². The van der Waals surface area contributed by atoms with E-state index in [1.165, 1.54) is 6.07 Å². The lowest BCUT2D eigenvalue weighted by Gasteiger charge is -2.35. The Morgan fingerprint density at radius 1 is 0.879 bits per heavy atom. The van der Waals surface area contributed by atoms with Gasteiger partial charge in [0.15, 0.2) is 9.84 Å². The fourth-order valence-corrected chi connectivity index (χ4v) is 7.73. The Hall–Kier alpha value is -6.66. The van der Waals surface area contributed by atoms with Gasteiger partial charge in [0.05, 0.1) is 22.6 Å². The second-order valence-corrected chi connectivity index (χ2v) is 16.1. The number of carbonyl (C=O) groups excluding carboxylic acids is 5. The largest absolute Gasteiger partial charge is 0.383 e. The first kappa shape index (κ1) is 39.6. The number of piperazine rings is 1. The molecule has 0 aliphatic carbocycles. The highest BCUT2D eigenvalue weighted by atomic mass is 32.2. The fourth-order valence-electron chi connectivity index (χ4n) is 7.10. The van der Waals surface area contributed by atoms with Gasteiger partial charge in [-0.25, -0.2) is 8.42 Å². The number of fused-ring (bicyclic) bond motifs is 1. The van der Waals surface area contributed by atoms with Crippen molar-refractivity contribution in [3.8, 4) is 11.3 Å². The van der Waals surface area contributed by atoms with Crippen LogP contribution in [0.25, 0.3) is 11.3 Å². The SMILES string of the molecule is CS(=O)(=O)c1ccc(-c2ccc/c(=N/C(=N)Nc3ccc(N4CCN(CC(=O)NCCNc5cccc6c5C(=O)N(C5CCC(=O)NC5=O)C6=O)CC4)cc3)[nH]2)cc1. The molecular weight excluding hydrogens is 765 g/mol. The number of nitrogens with one attached hydrogen (secondary N) is 6. The number of imide groups is 2. The minimum Gasteiger partial charge on any atom is -0.383 e. The molecule has 0 saturated carbocycles. The van der Waals surface area contributed by atoms with Crippen LogP contribution >= 0.6 is 0 Å². The summed E-state index contributed by atoms with van der Waals surface area (Å²) in [5.74, 6) is -2.49. The third-order valence-corrected chi connectivity index (χ3v) is 11.2. The Balaban J connectivity index is 0.839. The summed E-state index contributed by atoms with van der Waals surface area (Å²) >= 11 is 0. The number of hydrogen-bond donors (Lipinski definition) is 6. The molecule has 3 aliphatic heterocycles. The Morgan fingerprint density at radius 3 is 2.31 bits per heavy atom. The summed E-state index contributed by atoms with van der Waals surface area (Å²) in [6, 6.07) is 23.4. The predicted octanol–water partition coefficient (Wildman–Crippen LogP) is 1.78. The summed E-state index contributed by atoms with van der Waals surface area (Å²) in [5, 5.41) is 19.6. The van der Waals surface area contributed by atoms with Gasteiger partial charge in [-0.3, -0.25) is 44.5 Å². The van der Waals surface area contributed by atoms with E-state index in [1.54, 1.807) is 48.5 Å². The van der Waals surface area contributed by atoms with Gasteiger partial charge in [-0.05, 0) is 72.6 Å². The minimum absolute atomic E-state index is 0.0398. The van der Waals surface area contributed by atoms with Crippen molar-refractivity contribution in [1.29, 1.82) is 5.41 Å². The van der Waals surface area contributed by atoms with Gasteiger partial charge in [0.25, 0.3) is 11.8 Å². The minimum atomic E-state index is -3.30. The van der Waals surface area contributed by atoms with Gasteiger partial charge in [0.1, 0.15) is 11.5 Å². The van der Waals surface area contributed by atoms with E-state index in [1.807, 2.05) is 30.3 Å². The second kappa shape index (κ2) is 16.8. The second-order valence-electron chi connectivity index (χ2n) is 14.1. The fraction of sp³-hybridized carbons (Fsp3) is 0.275. The highest BCUT2D eigenvalue weighted by Crippen LogP contribution is 2.32. The zero-order chi connectivity index (χ0) is 41.0. The van der Waals surface area contributed by atoms with Crippen molar-refractivity contribution in [2.24, 2.45) is 4.99 Å². The molecule has 6 N–H and O–H groups in total. The van der Waals surface area contributed by atoms with Crippen LogP contribution in [0.1, 0.15) is 33.6 Å². The quantitative estimate of drug-likeness (QED) is 0.0554. The molecule has 4 aromatic rings. The molecular formula is C40H42N10O7S. The van der Waals surface area contributed by atoms with Crippen molar-refractivity contribution in [2.45, 2.75) is 23.8 Å². The summed E-state index contributed by atoms with van der Waals surface area (Å²) < 4.78 is 23.6. The molecule has 0 bridgehead atoms. The molecule has 1 unspecified atom stereocenters. The maximum Gasteiger partial charge on any atom is 0.264 e. The van der Waals surface area contributed by atoms with Crippen LogP contribution in [-0.4, -0.2) is 117 Å². The number of amides is 5. The van der Waals surface area contributed by atoms with Gasteiger partial charge in [-0.2, -0.15) is 4.99 Å². The Morgan fingerprint density at radius 2 is 1.60 bits per heavy atom. The number of carbonyl (C=O) groups is 5. The number of anilines is 3. The van der Waals surface area contributed by atoms with Crippen LogP contribution < -0.4 is 31.7 Å². The number of piperidine rings is 1. The Kier molecular flexibility index (Phi) is 11.5. The van der Waals surface area contributed by atoms with Crippen molar-refractivity contribution in [3.05, 3.63) is 102 Å². The average molecular weight is 807 g/mol. The van der Waals surface area contributed by atoms with E-state index in [9.17, 15) is 32.4 Å². The molecule has 0 radical (unpaired) electrons. The number of benzene rings is 3. The number of rotatable bonds is 11. The molecule has 2 saturated heterocycles. The zero-order valence-electron chi connectivity index (χ0n) is 31.6. The maximum absolute atomic E-state index is 13.3. The molecule has 7 rings (SSSR count). The third kappa shape index (κ3) is 8.98. The molecule has 4 heterocycles. The number of pyridine rings is 1. The monoisotopic (exact) mass is 806 g/mol. The molecule has 5 amide bonds. The van der Waals surface area contributed by atoms with Gasteiger partial charge < -0.3 is 25.8 Å². The van der Waals surface area contributed by atoms with Gasteiger partial charge in [-0.15, -0.1) is 0 Å². The molecule has 0 spiro atoms. The van der Waals surface area contributed by atoms with E-state index < -0.39 is 39.5 Å². The van der Waals surface area contributed by atoms with Crippen LogP contribution in [0, 0.1) is 5.41 Å². The first-order valence-electron chi connectivity index (χ1n) is 18.7. The summed E-state index contributed by atoms with van der Waals surface area (Å²) in [5.41, 5.74) is 4.44. The van der Waals surface area contributed by atoms with Crippen LogP contribution in [-0.2, 0) is 24.2 Å². The number of aromatic nitrogens is 1. The van der Waals surface area contributed by atoms with Crippen LogP contribution in [0.5, 0.6) is 0 Å². The van der Waals surface area contributed by atoms with Crippen LogP contribution in [0.2, 0.25) is 0 Å². The molecule has 3 aliphatic rings.